The van der Waals surface area contributed by atoms with Crippen molar-refractivity contribution in [3.05, 3.63) is 134 Å². The lowest BCUT2D eigenvalue weighted by molar-refractivity contribution is -0.162. The van der Waals surface area contributed by atoms with Crippen LogP contribution in [0.4, 0.5) is 0 Å². The van der Waals surface area contributed by atoms with Crippen LogP contribution in [0.25, 0.3) is 0 Å². The Morgan fingerprint density at radius 1 is 0.371 bits per heavy atom. The van der Waals surface area contributed by atoms with Crippen molar-refractivity contribution in [2.75, 3.05) is 19.8 Å². The summed E-state index contributed by atoms with van der Waals surface area (Å²) in [5.41, 5.74) is 0. The van der Waals surface area contributed by atoms with E-state index in [9.17, 15) is 9.59 Å². The van der Waals surface area contributed by atoms with E-state index in [0.29, 0.717) is 13.0 Å². The molecule has 5 heteroatoms. The van der Waals surface area contributed by atoms with Crippen LogP contribution in [-0.4, -0.2) is 37.9 Å². The van der Waals surface area contributed by atoms with Crippen molar-refractivity contribution in [3.63, 3.8) is 0 Å². The molecular weight excluding hydrogens is 765 g/mol. The number of esters is 2. The molecule has 0 heterocycles. The standard InChI is InChI=1S/C57H90O5/c1-4-7-10-13-16-19-22-25-28-29-31-32-35-38-41-44-47-50-56(58)61-54-55(53-60-52-49-46-43-40-37-34-27-24-21-18-15-12-9-6-3)62-57(59)51-48-45-42-39-36-33-30-26-23-20-17-14-11-8-5-2/h7-12,16-21,25-28,30,34,36,39,45,48,55H,4-6,13-15,22-24,29,31-33,35,37-38,40-44,46-47,49-54H2,1-3H3/b10-7-,11-8-,12-9-,19-16-,20-17-,21-18-,28-25-,30-26-,34-27-,39-36-,48-45-. The highest BCUT2D eigenvalue weighted by Gasteiger charge is 2.17. The molecule has 1 unspecified atom stereocenters. The van der Waals surface area contributed by atoms with Crippen molar-refractivity contribution in [1.82, 2.24) is 0 Å². The monoisotopic (exact) mass is 855 g/mol. The predicted octanol–water partition coefficient (Wildman–Crippen LogP) is 16.8. The van der Waals surface area contributed by atoms with Crippen molar-refractivity contribution in [1.29, 1.82) is 0 Å². The van der Waals surface area contributed by atoms with Gasteiger partial charge in [0.1, 0.15) is 6.61 Å². The summed E-state index contributed by atoms with van der Waals surface area (Å²) in [6.45, 7) is 7.30. The third-order valence-electron chi connectivity index (χ3n) is 9.70. The quantitative estimate of drug-likeness (QED) is 0.0347. The zero-order valence-electron chi connectivity index (χ0n) is 39.8. The van der Waals surface area contributed by atoms with Crippen LogP contribution < -0.4 is 0 Å². The molecule has 0 bridgehead atoms. The number of hydrogen-bond donors (Lipinski definition) is 0. The van der Waals surface area contributed by atoms with Crippen molar-refractivity contribution in [2.45, 2.75) is 194 Å². The van der Waals surface area contributed by atoms with Crippen molar-refractivity contribution in [2.24, 2.45) is 0 Å². The Morgan fingerprint density at radius 2 is 0.726 bits per heavy atom. The van der Waals surface area contributed by atoms with Gasteiger partial charge in [0.15, 0.2) is 6.10 Å². The summed E-state index contributed by atoms with van der Waals surface area (Å²) in [4.78, 5) is 25.3. The number of unbranched alkanes of at least 4 members (excludes halogenated alkanes) is 11. The zero-order valence-corrected chi connectivity index (χ0v) is 39.8. The van der Waals surface area contributed by atoms with Crippen LogP contribution in [0, 0.1) is 0 Å². The van der Waals surface area contributed by atoms with E-state index in [1.807, 2.05) is 12.2 Å². The molecule has 0 aromatic carbocycles. The summed E-state index contributed by atoms with van der Waals surface area (Å²) in [6.07, 6.45) is 73.4. The van der Waals surface area contributed by atoms with Crippen LogP contribution in [0.2, 0.25) is 0 Å². The Bertz CT molecular complexity index is 1330. The predicted molar refractivity (Wildman–Crippen MR) is 269 cm³/mol. The molecule has 1 atom stereocenters. The molecule has 0 radical (unpaired) electrons. The maximum atomic E-state index is 12.7. The van der Waals surface area contributed by atoms with Crippen molar-refractivity contribution in [3.8, 4) is 0 Å². The zero-order chi connectivity index (χ0) is 44.9. The van der Waals surface area contributed by atoms with E-state index in [4.69, 9.17) is 14.2 Å². The summed E-state index contributed by atoms with van der Waals surface area (Å²) in [5.74, 6) is -0.579. The van der Waals surface area contributed by atoms with Gasteiger partial charge in [-0.2, -0.15) is 0 Å². The van der Waals surface area contributed by atoms with Gasteiger partial charge < -0.3 is 14.2 Å². The number of rotatable bonds is 43. The normalized spacial score (nSPS) is 13.4. The Kier molecular flexibility index (Phi) is 48.1. The van der Waals surface area contributed by atoms with Crippen LogP contribution in [-0.2, 0) is 23.8 Å². The Hall–Kier alpha value is -3.96. The molecule has 5 nitrogen and oxygen atoms in total. The summed E-state index contributed by atoms with van der Waals surface area (Å²) >= 11 is 0. The number of carbonyl (C=O) groups is 2. The number of ether oxygens (including phenoxy) is 3. The molecule has 0 saturated heterocycles. The first-order chi connectivity index (χ1) is 30.6. The first-order valence-electron chi connectivity index (χ1n) is 24.7. The fraction of sp³-hybridized carbons (Fsp3) is 0.579. The summed E-state index contributed by atoms with van der Waals surface area (Å²) in [5, 5.41) is 0. The largest absolute Gasteiger partial charge is 0.462 e. The van der Waals surface area contributed by atoms with Gasteiger partial charge in [0, 0.05) is 13.0 Å². The second-order valence-corrected chi connectivity index (χ2v) is 15.6. The minimum absolute atomic E-state index is 0.0221. The minimum Gasteiger partial charge on any atom is -0.462 e. The molecule has 0 spiro atoms. The molecule has 0 N–H and O–H groups in total. The van der Waals surface area contributed by atoms with Gasteiger partial charge in [0.25, 0.3) is 0 Å². The number of allylic oxidation sites excluding steroid dienone is 21. The third kappa shape index (κ3) is 48.7. The smallest absolute Gasteiger partial charge is 0.310 e. The summed E-state index contributed by atoms with van der Waals surface area (Å²) in [7, 11) is 0. The molecule has 62 heavy (non-hydrogen) atoms. The first kappa shape index (κ1) is 58.0. The van der Waals surface area contributed by atoms with E-state index in [1.54, 1.807) is 0 Å². The van der Waals surface area contributed by atoms with Crippen molar-refractivity contribution < 1.29 is 23.8 Å². The van der Waals surface area contributed by atoms with Crippen LogP contribution >= 0.6 is 0 Å². The summed E-state index contributed by atoms with van der Waals surface area (Å²) < 4.78 is 17.2. The number of carbonyl (C=O) groups excluding carboxylic acids is 2. The molecule has 0 rings (SSSR count). The highest BCUT2D eigenvalue weighted by Crippen LogP contribution is 2.12. The molecule has 0 amide bonds. The maximum Gasteiger partial charge on any atom is 0.310 e. The van der Waals surface area contributed by atoms with Gasteiger partial charge >= 0.3 is 11.9 Å². The van der Waals surface area contributed by atoms with E-state index in [-0.39, 0.29) is 31.6 Å². The van der Waals surface area contributed by atoms with Gasteiger partial charge in [0.05, 0.1) is 13.0 Å². The molecule has 348 valence electrons. The van der Waals surface area contributed by atoms with Gasteiger partial charge in [-0.25, -0.2) is 0 Å². The average molecular weight is 855 g/mol. The molecule has 0 aromatic rings. The molecule has 0 saturated carbocycles. The Labute approximate surface area is 381 Å². The van der Waals surface area contributed by atoms with Crippen LogP contribution in [0.5, 0.6) is 0 Å². The SMILES string of the molecule is CC/C=C\C/C=C\C/C=C\C/C=C\C/C=C\CC(=O)OC(COCCCCCC/C=C\C/C=C\C/C=C\CC)COC(=O)CCCCCCCCC/C=C\C/C=C\C/C=C\CC. The van der Waals surface area contributed by atoms with E-state index >= 15 is 0 Å². The molecule has 0 aliphatic rings. The van der Waals surface area contributed by atoms with Gasteiger partial charge in [-0.05, 0) is 109 Å². The molecular formula is C57H90O5. The Balaban J connectivity index is 4.47. The van der Waals surface area contributed by atoms with E-state index < -0.39 is 6.10 Å². The molecule has 0 fully saturated rings. The van der Waals surface area contributed by atoms with E-state index in [2.05, 4.69) is 142 Å². The fourth-order valence-corrected chi connectivity index (χ4v) is 6.14. The van der Waals surface area contributed by atoms with Gasteiger partial charge in [-0.3, -0.25) is 9.59 Å². The highest BCUT2D eigenvalue weighted by molar-refractivity contribution is 5.71. The van der Waals surface area contributed by atoms with Crippen molar-refractivity contribution >= 4 is 11.9 Å². The molecule has 0 aliphatic heterocycles. The van der Waals surface area contributed by atoms with Crippen LogP contribution in [0.1, 0.15) is 188 Å². The van der Waals surface area contributed by atoms with E-state index in [0.717, 1.165) is 122 Å². The van der Waals surface area contributed by atoms with Gasteiger partial charge in [-0.1, -0.05) is 199 Å². The second-order valence-electron chi connectivity index (χ2n) is 15.6. The summed E-state index contributed by atoms with van der Waals surface area (Å²) in [6, 6.07) is 0. The topological polar surface area (TPSA) is 61.8 Å². The fourth-order valence-electron chi connectivity index (χ4n) is 6.14. The van der Waals surface area contributed by atoms with E-state index in [1.165, 1.54) is 32.1 Å². The average Bonchev–Trinajstić information content (AvgIpc) is 3.27. The van der Waals surface area contributed by atoms with Gasteiger partial charge in [-0.15, -0.1) is 0 Å². The minimum atomic E-state index is -0.615. The molecule has 0 aromatic heterocycles. The van der Waals surface area contributed by atoms with Crippen LogP contribution in [0.3, 0.4) is 0 Å². The molecule has 0 aliphatic carbocycles. The third-order valence-corrected chi connectivity index (χ3v) is 9.70. The van der Waals surface area contributed by atoms with Crippen LogP contribution in [0.15, 0.2) is 134 Å². The maximum absolute atomic E-state index is 12.7. The Morgan fingerprint density at radius 3 is 1.16 bits per heavy atom. The lowest BCUT2D eigenvalue weighted by Crippen LogP contribution is -2.29. The number of hydrogen-bond acceptors (Lipinski definition) is 5. The lowest BCUT2D eigenvalue weighted by Gasteiger charge is -2.18. The highest BCUT2D eigenvalue weighted by atomic mass is 16.6. The van der Waals surface area contributed by atoms with Gasteiger partial charge in [0.2, 0.25) is 0 Å². The second kappa shape index (κ2) is 51.4. The lowest BCUT2D eigenvalue weighted by atomic mass is 10.1. The first-order valence-corrected chi connectivity index (χ1v) is 24.7.